The van der Waals surface area contributed by atoms with Gasteiger partial charge in [0.1, 0.15) is 0 Å². The Morgan fingerprint density at radius 3 is 2.95 bits per heavy atom. The summed E-state index contributed by atoms with van der Waals surface area (Å²) in [5.41, 5.74) is 0.971. The highest BCUT2D eigenvalue weighted by Gasteiger charge is 2.25. The molecule has 0 bridgehead atoms. The van der Waals surface area contributed by atoms with Gasteiger partial charge in [-0.2, -0.15) is 0 Å². The Morgan fingerprint density at radius 2 is 2.35 bits per heavy atom. The predicted molar refractivity (Wildman–Crippen MR) is 85.1 cm³/mol. The van der Waals surface area contributed by atoms with E-state index in [1.165, 1.54) is 30.7 Å². The third kappa shape index (κ3) is 3.20. The zero-order valence-corrected chi connectivity index (χ0v) is 13.7. The second-order valence-electron chi connectivity index (χ2n) is 5.84. The number of likely N-dealkylation sites (tertiary alicyclic amines) is 1. The molecule has 0 N–H and O–H groups in total. The Morgan fingerprint density at radius 1 is 1.60 bits per heavy atom. The molecule has 4 nitrogen and oxygen atoms in total. The Hall–Kier alpha value is -0.940. The van der Waals surface area contributed by atoms with Crippen molar-refractivity contribution in [3.05, 3.63) is 10.6 Å². The van der Waals surface area contributed by atoms with Crippen LogP contribution in [0.1, 0.15) is 54.4 Å². The minimum absolute atomic E-state index is 0.350. The van der Waals surface area contributed by atoms with Gasteiger partial charge in [0.2, 0.25) is 0 Å². The first kappa shape index (κ1) is 15.4. The van der Waals surface area contributed by atoms with Crippen LogP contribution < -0.4 is 4.90 Å². The van der Waals surface area contributed by atoms with Crippen molar-refractivity contribution >= 4 is 22.8 Å². The van der Waals surface area contributed by atoms with Crippen LogP contribution in [-0.4, -0.2) is 49.4 Å². The molecule has 2 heterocycles. The molecule has 1 saturated heterocycles. The van der Waals surface area contributed by atoms with Gasteiger partial charge in [-0.15, -0.1) is 0 Å². The van der Waals surface area contributed by atoms with Crippen LogP contribution in [0.15, 0.2) is 0 Å². The van der Waals surface area contributed by atoms with Crippen LogP contribution in [0.3, 0.4) is 0 Å². The second-order valence-corrected chi connectivity index (χ2v) is 6.85. The van der Waals surface area contributed by atoms with Crippen molar-refractivity contribution in [2.45, 2.75) is 45.1 Å². The topological polar surface area (TPSA) is 36.4 Å². The molecular formula is C15H25N3OS. The highest BCUT2D eigenvalue weighted by Crippen LogP contribution is 2.32. The maximum Gasteiger partial charge on any atom is 0.186 e. The van der Waals surface area contributed by atoms with Crippen LogP contribution in [-0.2, 0) is 0 Å². The number of carbonyl (C=O) groups excluding carboxylic acids is 1. The summed E-state index contributed by atoms with van der Waals surface area (Å²) in [6, 6.07) is 0.504. The van der Waals surface area contributed by atoms with E-state index in [1.807, 2.05) is 0 Å². The van der Waals surface area contributed by atoms with Crippen LogP contribution in [0.5, 0.6) is 0 Å². The van der Waals surface area contributed by atoms with E-state index in [-0.39, 0.29) is 0 Å². The molecule has 0 spiro atoms. The summed E-state index contributed by atoms with van der Waals surface area (Å²) in [6.45, 7) is 6.53. The first-order chi connectivity index (χ1) is 9.56. The standard InChI is InChI=1S/C15H25N3OS/c1-5-11(2)14-13(10-19)20-15(16-14)18(4)12-7-6-8-17(3)9-12/h10-12H,5-9H2,1-4H3. The Bertz CT molecular complexity index is 460. The molecule has 2 rings (SSSR count). The monoisotopic (exact) mass is 295 g/mol. The highest BCUT2D eigenvalue weighted by molar-refractivity contribution is 7.17. The average molecular weight is 295 g/mol. The zero-order chi connectivity index (χ0) is 14.7. The van der Waals surface area contributed by atoms with Crippen LogP contribution in [0, 0.1) is 0 Å². The number of rotatable bonds is 5. The van der Waals surface area contributed by atoms with Gasteiger partial charge in [0.15, 0.2) is 11.4 Å². The second kappa shape index (κ2) is 6.68. The number of likely N-dealkylation sites (N-methyl/N-ethyl adjacent to an activating group) is 2. The third-order valence-corrected chi connectivity index (χ3v) is 5.39. The number of aldehydes is 1. The molecule has 1 aromatic rings. The molecule has 0 radical (unpaired) electrons. The van der Waals surface area contributed by atoms with Crippen molar-refractivity contribution in [2.24, 2.45) is 0 Å². The van der Waals surface area contributed by atoms with Gasteiger partial charge in [0, 0.05) is 19.6 Å². The summed E-state index contributed by atoms with van der Waals surface area (Å²) in [6.07, 6.45) is 4.41. The molecule has 5 heteroatoms. The summed E-state index contributed by atoms with van der Waals surface area (Å²) in [7, 11) is 4.28. The molecule has 1 aromatic heterocycles. The number of carbonyl (C=O) groups is 1. The molecule has 0 saturated carbocycles. The molecule has 2 unspecified atom stereocenters. The van der Waals surface area contributed by atoms with Crippen LogP contribution in [0.25, 0.3) is 0 Å². The van der Waals surface area contributed by atoms with E-state index in [2.05, 4.69) is 37.7 Å². The Balaban J connectivity index is 2.19. The number of thiazole rings is 1. The third-order valence-electron chi connectivity index (χ3n) is 4.31. The Labute approximate surface area is 125 Å². The number of nitrogens with zero attached hydrogens (tertiary/aromatic N) is 3. The largest absolute Gasteiger partial charge is 0.347 e. The average Bonchev–Trinajstić information content (AvgIpc) is 2.89. The normalized spacial score (nSPS) is 21.7. The lowest BCUT2D eigenvalue weighted by molar-refractivity contribution is 0.112. The summed E-state index contributed by atoms with van der Waals surface area (Å²) < 4.78 is 0. The van der Waals surface area contributed by atoms with Crippen molar-refractivity contribution < 1.29 is 4.79 Å². The van der Waals surface area contributed by atoms with Gasteiger partial charge in [-0.3, -0.25) is 4.79 Å². The van der Waals surface area contributed by atoms with E-state index in [1.54, 1.807) is 0 Å². The number of hydrogen-bond acceptors (Lipinski definition) is 5. The molecular weight excluding hydrogens is 270 g/mol. The molecule has 2 atom stereocenters. The van der Waals surface area contributed by atoms with Crippen molar-refractivity contribution in [1.29, 1.82) is 0 Å². The van der Waals surface area contributed by atoms with Gasteiger partial charge in [0.05, 0.1) is 10.6 Å². The molecule has 1 aliphatic heterocycles. The quantitative estimate of drug-likeness (QED) is 0.783. The van der Waals surface area contributed by atoms with E-state index in [4.69, 9.17) is 4.98 Å². The van der Waals surface area contributed by atoms with Crippen LogP contribution in [0.4, 0.5) is 5.13 Å². The van der Waals surface area contributed by atoms with Gasteiger partial charge in [-0.25, -0.2) is 4.98 Å². The number of piperidine rings is 1. The summed E-state index contributed by atoms with van der Waals surface area (Å²) >= 11 is 1.53. The van der Waals surface area contributed by atoms with Crippen molar-refractivity contribution in [1.82, 2.24) is 9.88 Å². The minimum atomic E-state index is 0.350. The van der Waals surface area contributed by atoms with Gasteiger partial charge in [-0.1, -0.05) is 25.2 Å². The maximum atomic E-state index is 11.3. The van der Waals surface area contributed by atoms with E-state index < -0.39 is 0 Å². The molecule has 20 heavy (non-hydrogen) atoms. The lowest BCUT2D eigenvalue weighted by Gasteiger charge is -2.35. The summed E-state index contributed by atoms with van der Waals surface area (Å²) in [5.74, 6) is 0.350. The molecule has 112 valence electrons. The van der Waals surface area contributed by atoms with Gasteiger partial charge in [-0.05, 0) is 38.8 Å². The van der Waals surface area contributed by atoms with Crippen LogP contribution in [0.2, 0.25) is 0 Å². The molecule has 0 amide bonds. The van der Waals surface area contributed by atoms with Crippen molar-refractivity contribution in [2.75, 3.05) is 32.1 Å². The fraction of sp³-hybridized carbons (Fsp3) is 0.733. The fourth-order valence-corrected chi connectivity index (χ4v) is 3.76. The molecule has 1 fully saturated rings. The summed E-state index contributed by atoms with van der Waals surface area (Å²) in [5, 5.41) is 0.989. The summed E-state index contributed by atoms with van der Waals surface area (Å²) in [4.78, 5) is 21.4. The van der Waals surface area contributed by atoms with E-state index in [0.29, 0.717) is 12.0 Å². The lowest BCUT2D eigenvalue weighted by Crippen LogP contribution is -2.45. The smallest absolute Gasteiger partial charge is 0.186 e. The van der Waals surface area contributed by atoms with Gasteiger partial charge in [0.25, 0.3) is 0 Å². The number of aromatic nitrogens is 1. The lowest BCUT2D eigenvalue weighted by atomic mass is 10.0. The fourth-order valence-electron chi connectivity index (χ4n) is 2.72. The molecule has 0 aromatic carbocycles. The zero-order valence-electron chi connectivity index (χ0n) is 12.9. The maximum absolute atomic E-state index is 11.3. The highest BCUT2D eigenvalue weighted by atomic mass is 32.1. The van der Waals surface area contributed by atoms with Gasteiger partial charge < -0.3 is 9.80 Å². The first-order valence-electron chi connectivity index (χ1n) is 7.44. The molecule has 0 aliphatic carbocycles. The Kier molecular flexibility index (Phi) is 5.16. The van der Waals surface area contributed by atoms with E-state index in [9.17, 15) is 4.79 Å². The van der Waals surface area contributed by atoms with Crippen molar-refractivity contribution in [3.8, 4) is 0 Å². The van der Waals surface area contributed by atoms with E-state index in [0.717, 1.165) is 35.0 Å². The van der Waals surface area contributed by atoms with Gasteiger partial charge >= 0.3 is 0 Å². The predicted octanol–water partition coefficient (Wildman–Crippen LogP) is 3.00. The SMILES string of the molecule is CCC(C)c1nc(N(C)C2CCCN(C)C2)sc1C=O. The van der Waals surface area contributed by atoms with E-state index >= 15 is 0 Å². The first-order valence-corrected chi connectivity index (χ1v) is 8.25. The minimum Gasteiger partial charge on any atom is -0.347 e. The van der Waals surface area contributed by atoms with Crippen LogP contribution >= 0.6 is 11.3 Å². The van der Waals surface area contributed by atoms with Crippen molar-refractivity contribution in [3.63, 3.8) is 0 Å². The number of anilines is 1. The molecule has 1 aliphatic rings. The number of hydrogen-bond donors (Lipinski definition) is 0.